The summed E-state index contributed by atoms with van der Waals surface area (Å²) in [6.07, 6.45) is -2.91. The van der Waals surface area contributed by atoms with Gasteiger partial charge in [0.2, 0.25) is 5.91 Å². The normalized spacial score (nSPS) is 16.5. The fourth-order valence-electron chi connectivity index (χ4n) is 2.88. The molecule has 0 radical (unpaired) electrons. The van der Waals surface area contributed by atoms with E-state index in [4.69, 9.17) is 17.0 Å². The Hall–Kier alpha value is -2.85. The quantitative estimate of drug-likeness (QED) is 0.500. The SMILES string of the molecule is COc1ccccc1/C=C1\SC(=S)N(C(C)C(=O)Nc2cccc(C(F)(F)F)c2)C1=O. The fourth-order valence-corrected chi connectivity index (χ4v) is 4.29. The van der Waals surface area contributed by atoms with E-state index in [0.29, 0.717) is 16.2 Å². The molecule has 1 saturated heterocycles. The summed E-state index contributed by atoms with van der Waals surface area (Å²) in [5, 5.41) is 2.41. The molecule has 1 aliphatic rings. The van der Waals surface area contributed by atoms with Gasteiger partial charge in [0.05, 0.1) is 17.6 Å². The van der Waals surface area contributed by atoms with Crippen molar-refractivity contribution in [1.82, 2.24) is 4.90 Å². The third-order valence-corrected chi connectivity index (χ3v) is 5.80. The predicted molar refractivity (Wildman–Crippen MR) is 118 cm³/mol. The molecule has 1 aliphatic heterocycles. The number of halogens is 3. The number of thiocarbonyl (C=S) groups is 1. The molecule has 5 nitrogen and oxygen atoms in total. The van der Waals surface area contributed by atoms with Crippen LogP contribution in [0.4, 0.5) is 18.9 Å². The lowest BCUT2D eigenvalue weighted by atomic mass is 10.1. The summed E-state index contributed by atoms with van der Waals surface area (Å²) in [4.78, 5) is 27.0. The maximum Gasteiger partial charge on any atom is 0.416 e. The number of hydrogen-bond donors (Lipinski definition) is 1. The average Bonchev–Trinajstić information content (AvgIpc) is 3.00. The van der Waals surface area contributed by atoms with Crippen LogP contribution in [0.5, 0.6) is 5.75 Å². The Balaban J connectivity index is 1.78. The number of benzene rings is 2. The minimum absolute atomic E-state index is 0.0262. The van der Waals surface area contributed by atoms with Gasteiger partial charge >= 0.3 is 6.18 Å². The number of nitrogens with zero attached hydrogens (tertiary/aromatic N) is 1. The van der Waals surface area contributed by atoms with E-state index in [1.54, 1.807) is 30.3 Å². The first-order chi connectivity index (χ1) is 14.6. The second kappa shape index (κ2) is 9.11. The number of carbonyl (C=O) groups is 2. The zero-order valence-electron chi connectivity index (χ0n) is 16.4. The van der Waals surface area contributed by atoms with Gasteiger partial charge in [0.1, 0.15) is 16.1 Å². The van der Waals surface area contributed by atoms with Gasteiger partial charge in [-0.3, -0.25) is 14.5 Å². The second-order valence-electron chi connectivity index (χ2n) is 6.54. The monoisotopic (exact) mass is 466 g/mol. The topological polar surface area (TPSA) is 58.6 Å². The molecule has 1 N–H and O–H groups in total. The Bertz CT molecular complexity index is 1070. The number of hydrogen-bond acceptors (Lipinski definition) is 5. The van der Waals surface area contributed by atoms with Crippen molar-refractivity contribution in [2.45, 2.75) is 19.1 Å². The van der Waals surface area contributed by atoms with E-state index < -0.39 is 29.6 Å². The molecule has 2 aromatic rings. The molecule has 2 amide bonds. The number of para-hydroxylation sites is 1. The van der Waals surface area contributed by atoms with Gasteiger partial charge in [0.15, 0.2) is 0 Å². The van der Waals surface area contributed by atoms with Crippen LogP contribution in [0.2, 0.25) is 0 Å². The number of methoxy groups -OCH3 is 1. The first-order valence-electron chi connectivity index (χ1n) is 9.00. The summed E-state index contributed by atoms with van der Waals surface area (Å²) in [5.41, 5.74) is -0.239. The van der Waals surface area contributed by atoms with Crippen molar-refractivity contribution < 1.29 is 27.5 Å². The summed E-state index contributed by atoms with van der Waals surface area (Å²) in [7, 11) is 1.51. The number of ether oxygens (including phenoxy) is 1. The van der Waals surface area contributed by atoms with Crippen molar-refractivity contribution in [3.8, 4) is 5.75 Å². The lowest BCUT2D eigenvalue weighted by Crippen LogP contribution is -2.44. The molecule has 0 aliphatic carbocycles. The van der Waals surface area contributed by atoms with Crippen LogP contribution in [0, 0.1) is 0 Å². The third kappa shape index (κ3) is 5.08. The van der Waals surface area contributed by atoms with Crippen LogP contribution < -0.4 is 10.1 Å². The highest BCUT2D eigenvalue weighted by molar-refractivity contribution is 8.26. The van der Waals surface area contributed by atoms with Crippen LogP contribution in [0.15, 0.2) is 53.4 Å². The number of anilines is 1. The Labute approximate surface area is 186 Å². The number of nitrogens with one attached hydrogen (secondary N) is 1. The van der Waals surface area contributed by atoms with Crippen LogP contribution in [-0.4, -0.2) is 34.2 Å². The summed E-state index contributed by atoms with van der Waals surface area (Å²) in [6.45, 7) is 1.46. The van der Waals surface area contributed by atoms with Gasteiger partial charge in [0, 0.05) is 11.3 Å². The van der Waals surface area contributed by atoms with E-state index in [9.17, 15) is 22.8 Å². The third-order valence-electron chi connectivity index (χ3n) is 4.47. The molecule has 1 atom stereocenters. The van der Waals surface area contributed by atoms with E-state index in [0.717, 1.165) is 28.8 Å². The Kier molecular flexibility index (Phi) is 6.71. The number of thioether (sulfide) groups is 1. The van der Waals surface area contributed by atoms with Crippen LogP contribution in [0.1, 0.15) is 18.1 Å². The van der Waals surface area contributed by atoms with Crippen LogP contribution in [0.25, 0.3) is 6.08 Å². The maximum atomic E-state index is 12.9. The number of carbonyl (C=O) groups excluding carboxylic acids is 2. The van der Waals surface area contributed by atoms with Crippen molar-refractivity contribution in [1.29, 1.82) is 0 Å². The summed E-state index contributed by atoms with van der Waals surface area (Å²) in [5.74, 6) is -0.551. The summed E-state index contributed by atoms with van der Waals surface area (Å²) < 4.78 is 44.1. The number of alkyl halides is 3. The minimum Gasteiger partial charge on any atom is -0.496 e. The van der Waals surface area contributed by atoms with E-state index in [1.807, 2.05) is 0 Å². The molecule has 3 rings (SSSR count). The van der Waals surface area contributed by atoms with E-state index in [-0.39, 0.29) is 10.0 Å². The smallest absolute Gasteiger partial charge is 0.416 e. The lowest BCUT2D eigenvalue weighted by molar-refractivity contribution is -0.137. The molecule has 0 saturated carbocycles. The molecular weight excluding hydrogens is 449 g/mol. The van der Waals surface area contributed by atoms with Crippen LogP contribution in [0.3, 0.4) is 0 Å². The largest absolute Gasteiger partial charge is 0.496 e. The average molecular weight is 467 g/mol. The molecule has 1 fully saturated rings. The molecule has 10 heteroatoms. The highest BCUT2D eigenvalue weighted by Gasteiger charge is 2.38. The zero-order valence-corrected chi connectivity index (χ0v) is 18.0. The van der Waals surface area contributed by atoms with Crippen molar-refractivity contribution >= 4 is 51.9 Å². The molecule has 0 spiro atoms. The van der Waals surface area contributed by atoms with E-state index >= 15 is 0 Å². The Morgan fingerprint density at radius 1 is 1.23 bits per heavy atom. The van der Waals surface area contributed by atoms with E-state index in [1.165, 1.54) is 26.2 Å². The van der Waals surface area contributed by atoms with Crippen molar-refractivity contribution in [3.63, 3.8) is 0 Å². The van der Waals surface area contributed by atoms with Crippen molar-refractivity contribution in [2.75, 3.05) is 12.4 Å². The fraction of sp³-hybridized carbons (Fsp3) is 0.190. The first kappa shape index (κ1) is 22.8. The maximum absolute atomic E-state index is 12.9. The van der Waals surface area contributed by atoms with E-state index in [2.05, 4.69) is 5.32 Å². The van der Waals surface area contributed by atoms with Crippen LogP contribution >= 0.6 is 24.0 Å². The van der Waals surface area contributed by atoms with Crippen molar-refractivity contribution in [2.24, 2.45) is 0 Å². The Morgan fingerprint density at radius 3 is 2.61 bits per heavy atom. The lowest BCUT2D eigenvalue weighted by Gasteiger charge is -2.22. The summed E-state index contributed by atoms with van der Waals surface area (Å²) in [6, 6.07) is 10.4. The van der Waals surface area contributed by atoms with Gasteiger partial charge in [-0.2, -0.15) is 13.2 Å². The Morgan fingerprint density at radius 2 is 1.94 bits per heavy atom. The van der Waals surface area contributed by atoms with Gasteiger partial charge in [-0.05, 0) is 37.3 Å². The molecule has 1 heterocycles. The molecular formula is C21H17F3N2O3S2. The molecule has 0 aromatic heterocycles. The molecule has 0 bridgehead atoms. The van der Waals surface area contributed by atoms with Crippen molar-refractivity contribution in [3.05, 3.63) is 64.6 Å². The molecule has 1 unspecified atom stereocenters. The van der Waals surface area contributed by atoms with Crippen LogP contribution in [-0.2, 0) is 15.8 Å². The predicted octanol–water partition coefficient (Wildman–Crippen LogP) is 4.94. The number of rotatable bonds is 5. The van der Waals surface area contributed by atoms with Gasteiger partial charge < -0.3 is 10.1 Å². The second-order valence-corrected chi connectivity index (χ2v) is 8.21. The van der Waals surface area contributed by atoms with Gasteiger partial charge in [-0.1, -0.05) is 48.2 Å². The molecule has 31 heavy (non-hydrogen) atoms. The number of amides is 2. The summed E-state index contributed by atoms with van der Waals surface area (Å²) >= 11 is 6.31. The standard InChI is InChI=1S/C21H17F3N2O3S2/c1-12(18(27)25-15-8-5-7-14(11-15)21(22,23)24)26-19(28)17(31-20(26)30)10-13-6-3-4-9-16(13)29-2/h3-12H,1-2H3,(H,25,27)/b17-10-. The molecule has 2 aromatic carbocycles. The highest BCUT2D eigenvalue weighted by atomic mass is 32.2. The molecule has 162 valence electrons. The van der Waals surface area contributed by atoms with Gasteiger partial charge in [0.25, 0.3) is 5.91 Å². The van der Waals surface area contributed by atoms with Gasteiger partial charge in [-0.25, -0.2) is 0 Å². The zero-order chi connectivity index (χ0) is 22.8. The first-order valence-corrected chi connectivity index (χ1v) is 10.2. The minimum atomic E-state index is -4.53. The van der Waals surface area contributed by atoms with Gasteiger partial charge in [-0.15, -0.1) is 0 Å². The highest BCUT2D eigenvalue weighted by Crippen LogP contribution is 2.36.